The van der Waals surface area contributed by atoms with Crippen LogP contribution in [0.4, 0.5) is 0 Å². The maximum Gasteiger partial charge on any atom is 0.221 e. The molecule has 0 spiro atoms. The van der Waals surface area contributed by atoms with Crippen LogP contribution >= 0.6 is 0 Å². The Morgan fingerprint density at radius 1 is 1.18 bits per heavy atom. The minimum atomic E-state index is 0.0781. The third kappa shape index (κ3) is 5.27. The second-order valence-electron chi connectivity index (χ2n) is 6.83. The number of pyridine rings is 1. The third-order valence-electron chi connectivity index (χ3n) is 4.61. The van der Waals surface area contributed by atoms with Gasteiger partial charge in [0.05, 0.1) is 11.4 Å². The average molecular weight is 377 g/mol. The van der Waals surface area contributed by atoms with E-state index in [0.29, 0.717) is 19.5 Å². The zero-order valence-electron chi connectivity index (χ0n) is 16.4. The van der Waals surface area contributed by atoms with E-state index in [1.165, 1.54) is 0 Å². The van der Waals surface area contributed by atoms with Gasteiger partial charge in [0.25, 0.3) is 0 Å². The zero-order valence-corrected chi connectivity index (χ0v) is 16.4. The molecular formula is C22H27N5O. The summed E-state index contributed by atoms with van der Waals surface area (Å²) in [6, 6.07) is 14.2. The number of carbonyl (C=O) groups excluding carboxylic acids is 1. The molecule has 0 saturated carbocycles. The molecule has 3 aromatic rings. The van der Waals surface area contributed by atoms with Gasteiger partial charge in [0.15, 0.2) is 0 Å². The van der Waals surface area contributed by atoms with Crippen LogP contribution < -0.4 is 10.6 Å². The van der Waals surface area contributed by atoms with Gasteiger partial charge in [-0.3, -0.25) is 9.78 Å². The van der Waals surface area contributed by atoms with Crippen molar-refractivity contribution in [3.05, 3.63) is 66.6 Å². The van der Waals surface area contributed by atoms with E-state index in [-0.39, 0.29) is 11.9 Å². The van der Waals surface area contributed by atoms with Crippen molar-refractivity contribution < 1.29 is 4.79 Å². The molecule has 146 valence electrons. The fourth-order valence-corrected chi connectivity index (χ4v) is 2.87. The topological polar surface area (TPSA) is 71.8 Å². The van der Waals surface area contributed by atoms with Gasteiger partial charge in [-0.15, -0.1) is 0 Å². The minimum Gasteiger partial charge on any atom is -0.354 e. The van der Waals surface area contributed by atoms with Crippen LogP contribution in [0.3, 0.4) is 0 Å². The van der Waals surface area contributed by atoms with Crippen molar-refractivity contribution in [1.29, 1.82) is 0 Å². The normalized spacial score (nSPS) is 11.9. The number of nitrogens with one attached hydrogen (secondary N) is 2. The summed E-state index contributed by atoms with van der Waals surface area (Å²) in [4.78, 5) is 16.1. The molecule has 28 heavy (non-hydrogen) atoms. The van der Waals surface area contributed by atoms with Crippen LogP contribution in [0.1, 0.15) is 32.3 Å². The van der Waals surface area contributed by atoms with Gasteiger partial charge in [0.1, 0.15) is 0 Å². The van der Waals surface area contributed by atoms with Gasteiger partial charge in [-0.2, -0.15) is 5.10 Å². The summed E-state index contributed by atoms with van der Waals surface area (Å²) in [5.74, 6) is 0.0781. The molecule has 0 bridgehead atoms. The van der Waals surface area contributed by atoms with Crippen LogP contribution in [0, 0.1) is 0 Å². The Morgan fingerprint density at radius 2 is 2.00 bits per heavy atom. The lowest BCUT2D eigenvalue weighted by Crippen LogP contribution is -2.33. The molecule has 6 heteroatoms. The van der Waals surface area contributed by atoms with E-state index in [4.69, 9.17) is 5.10 Å². The lowest BCUT2D eigenvalue weighted by Gasteiger charge is -2.11. The number of hydrogen-bond donors (Lipinski definition) is 2. The van der Waals surface area contributed by atoms with Gasteiger partial charge in [-0.25, -0.2) is 4.68 Å². The predicted octanol–water partition coefficient (Wildman–Crippen LogP) is 3.33. The van der Waals surface area contributed by atoms with Crippen LogP contribution in [-0.2, 0) is 11.3 Å². The van der Waals surface area contributed by atoms with Gasteiger partial charge in [0, 0.05) is 55.3 Å². The van der Waals surface area contributed by atoms with Crippen molar-refractivity contribution in [3.8, 4) is 16.9 Å². The Balaban J connectivity index is 1.69. The number of carbonyl (C=O) groups is 1. The maximum absolute atomic E-state index is 11.9. The Bertz CT molecular complexity index is 876. The molecule has 2 N–H and O–H groups in total. The van der Waals surface area contributed by atoms with E-state index in [1.807, 2.05) is 66.5 Å². The fraction of sp³-hybridized carbons (Fsp3) is 0.318. The van der Waals surface area contributed by atoms with Crippen molar-refractivity contribution in [1.82, 2.24) is 25.4 Å². The summed E-state index contributed by atoms with van der Waals surface area (Å²) in [6.07, 6.45) is 7.00. The Kier molecular flexibility index (Phi) is 6.92. The zero-order chi connectivity index (χ0) is 19.8. The van der Waals surface area contributed by atoms with Gasteiger partial charge in [-0.05, 0) is 37.6 Å². The van der Waals surface area contributed by atoms with Crippen molar-refractivity contribution in [2.45, 2.75) is 39.3 Å². The van der Waals surface area contributed by atoms with Crippen molar-refractivity contribution >= 4 is 5.91 Å². The summed E-state index contributed by atoms with van der Waals surface area (Å²) in [6.45, 7) is 5.33. The molecule has 0 saturated heterocycles. The first-order chi connectivity index (χ1) is 13.7. The molecule has 0 aliphatic rings. The van der Waals surface area contributed by atoms with E-state index < -0.39 is 0 Å². The molecule has 0 aliphatic heterocycles. The number of hydrogen-bond acceptors (Lipinski definition) is 4. The largest absolute Gasteiger partial charge is 0.354 e. The summed E-state index contributed by atoms with van der Waals surface area (Å²) in [7, 11) is 0. The quantitative estimate of drug-likeness (QED) is 0.561. The Hall–Kier alpha value is -2.99. The molecule has 1 atom stereocenters. The summed E-state index contributed by atoms with van der Waals surface area (Å²) in [5.41, 5.74) is 3.95. The number of nitrogens with zero attached hydrogens (tertiary/aromatic N) is 3. The van der Waals surface area contributed by atoms with Crippen LogP contribution in [0.2, 0.25) is 0 Å². The van der Waals surface area contributed by atoms with Crippen molar-refractivity contribution in [2.75, 3.05) is 6.54 Å². The second kappa shape index (κ2) is 9.80. The maximum atomic E-state index is 11.9. The van der Waals surface area contributed by atoms with E-state index in [2.05, 4.69) is 22.5 Å². The van der Waals surface area contributed by atoms with Crippen LogP contribution in [0.25, 0.3) is 16.9 Å². The van der Waals surface area contributed by atoms with E-state index in [9.17, 15) is 4.79 Å². The van der Waals surface area contributed by atoms with Gasteiger partial charge < -0.3 is 10.6 Å². The van der Waals surface area contributed by atoms with Gasteiger partial charge in [-0.1, -0.05) is 25.1 Å². The Morgan fingerprint density at radius 3 is 2.71 bits per heavy atom. The number of rotatable bonds is 9. The first kappa shape index (κ1) is 19.8. The minimum absolute atomic E-state index is 0.0781. The standard InChI is InChI=1S/C22H27N5O/c1-3-17(2)25-21(28)11-13-24-15-19-16-27(20-9-5-4-6-10-20)26-22(19)18-8-7-12-23-14-18/h4-10,12,14,16-17,24H,3,11,13,15H2,1-2H3,(H,25,28). The van der Waals surface area contributed by atoms with E-state index in [1.54, 1.807) is 6.20 Å². The molecular weight excluding hydrogens is 350 g/mol. The number of benzene rings is 1. The van der Waals surface area contributed by atoms with Crippen molar-refractivity contribution in [3.63, 3.8) is 0 Å². The monoisotopic (exact) mass is 377 g/mol. The highest BCUT2D eigenvalue weighted by Gasteiger charge is 2.12. The lowest BCUT2D eigenvalue weighted by atomic mass is 10.1. The van der Waals surface area contributed by atoms with Gasteiger partial charge in [0.2, 0.25) is 5.91 Å². The first-order valence-corrected chi connectivity index (χ1v) is 9.71. The Labute approximate surface area is 166 Å². The number of aromatic nitrogens is 3. The SMILES string of the molecule is CCC(C)NC(=O)CCNCc1cn(-c2ccccc2)nc1-c1cccnc1. The van der Waals surface area contributed by atoms with E-state index >= 15 is 0 Å². The molecule has 2 aromatic heterocycles. The molecule has 0 radical (unpaired) electrons. The predicted molar refractivity (Wildman–Crippen MR) is 111 cm³/mol. The highest BCUT2D eigenvalue weighted by atomic mass is 16.1. The highest BCUT2D eigenvalue weighted by Crippen LogP contribution is 2.22. The average Bonchev–Trinajstić information content (AvgIpc) is 3.16. The third-order valence-corrected chi connectivity index (χ3v) is 4.61. The molecule has 1 unspecified atom stereocenters. The molecule has 0 aliphatic carbocycles. The fourth-order valence-electron chi connectivity index (χ4n) is 2.87. The molecule has 0 fully saturated rings. The number of amides is 1. The second-order valence-corrected chi connectivity index (χ2v) is 6.83. The molecule has 1 aromatic carbocycles. The summed E-state index contributed by atoms with van der Waals surface area (Å²) < 4.78 is 1.88. The van der Waals surface area contributed by atoms with Crippen LogP contribution in [0.15, 0.2) is 61.1 Å². The first-order valence-electron chi connectivity index (χ1n) is 9.71. The summed E-state index contributed by atoms with van der Waals surface area (Å²) in [5, 5.41) is 11.1. The lowest BCUT2D eigenvalue weighted by molar-refractivity contribution is -0.121. The molecule has 6 nitrogen and oxygen atoms in total. The van der Waals surface area contributed by atoms with Crippen LogP contribution in [0.5, 0.6) is 0 Å². The van der Waals surface area contributed by atoms with Gasteiger partial charge >= 0.3 is 0 Å². The molecule has 3 rings (SSSR count). The highest BCUT2D eigenvalue weighted by molar-refractivity contribution is 5.76. The van der Waals surface area contributed by atoms with Crippen LogP contribution in [-0.4, -0.2) is 33.3 Å². The smallest absolute Gasteiger partial charge is 0.221 e. The summed E-state index contributed by atoms with van der Waals surface area (Å²) >= 11 is 0. The molecule has 1 amide bonds. The van der Waals surface area contributed by atoms with E-state index in [0.717, 1.165) is 28.9 Å². The number of para-hydroxylation sites is 1. The van der Waals surface area contributed by atoms with Crippen molar-refractivity contribution in [2.24, 2.45) is 0 Å². The molecule has 2 heterocycles.